The Bertz CT molecular complexity index is 838. The molecular weight excluding hydrogens is 340 g/mol. The number of ether oxygens (including phenoxy) is 1. The molecule has 6 heteroatoms. The van der Waals surface area contributed by atoms with Crippen LogP contribution in [0.1, 0.15) is 12.5 Å². The third-order valence-electron chi connectivity index (χ3n) is 4.97. The summed E-state index contributed by atoms with van der Waals surface area (Å²) in [6.07, 6.45) is 0. The molecule has 0 aromatic heterocycles. The molecule has 1 amide bonds. The van der Waals surface area contributed by atoms with Gasteiger partial charge in [-0.1, -0.05) is 24.3 Å². The monoisotopic (exact) mass is 364 g/mol. The van der Waals surface area contributed by atoms with Crippen LogP contribution in [0.25, 0.3) is 0 Å². The van der Waals surface area contributed by atoms with Crippen molar-refractivity contribution in [3.05, 3.63) is 54.1 Å². The number of anilines is 2. The summed E-state index contributed by atoms with van der Waals surface area (Å²) >= 11 is 0. The summed E-state index contributed by atoms with van der Waals surface area (Å²) in [5.41, 5.74) is 2.11. The Hall–Kier alpha value is -3.04. The molecule has 0 bridgehead atoms. The molecule has 2 aromatic rings. The van der Waals surface area contributed by atoms with Gasteiger partial charge in [0.05, 0.1) is 30.1 Å². The molecule has 0 radical (unpaired) electrons. The number of hydrogen-bond donors (Lipinski definition) is 1. The molecule has 0 aliphatic carbocycles. The Morgan fingerprint density at radius 2 is 1.78 bits per heavy atom. The van der Waals surface area contributed by atoms with Gasteiger partial charge in [0.15, 0.2) is 0 Å². The first kappa shape index (κ1) is 18.7. The summed E-state index contributed by atoms with van der Waals surface area (Å²) in [5, 5.41) is 12.1. The molecule has 6 nitrogen and oxygen atoms in total. The second-order valence-corrected chi connectivity index (χ2v) is 6.52. The number of nitrogens with one attached hydrogen (secondary N) is 1. The lowest BCUT2D eigenvalue weighted by molar-refractivity contribution is -0.120. The van der Waals surface area contributed by atoms with Crippen LogP contribution in [-0.2, 0) is 4.79 Å². The molecular formula is C21H24N4O2. The predicted octanol–water partition coefficient (Wildman–Crippen LogP) is 2.72. The topological polar surface area (TPSA) is 68.6 Å². The predicted molar refractivity (Wildman–Crippen MR) is 106 cm³/mol. The van der Waals surface area contributed by atoms with Crippen LogP contribution in [0.3, 0.4) is 0 Å². The Morgan fingerprint density at radius 1 is 1.11 bits per heavy atom. The maximum atomic E-state index is 12.6. The molecule has 2 aromatic carbocycles. The van der Waals surface area contributed by atoms with Crippen LogP contribution in [0, 0.1) is 11.3 Å². The molecule has 0 saturated carbocycles. The smallest absolute Gasteiger partial charge is 0.241 e. The number of nitrogens with zero attached hydrogens (tertiary/aromatic N) is 3. The van der Waals surface area contributed by atoms with Gasteiger partial charge in [-0.15, -0.1) is 0 Å². The van der Waals surface area contributed by atoms with Crippen LogP contribution in [-0.4, -0.2) is 50.1 Å². The van der Waals surface area contributed by atoms with E-state index in [9.17, 15) is 10.1 Å². The average molecular weight is 364 g/mol. The van der Waals surface area contributed by atoms with Crippen LogP contribution in [0.4, 0.5) is 11.4 Å². The lowest BCUT2D eigenvalue weighted by Crippen LogP contribution is -2.52. The zero-order valence-corrected chi connectivity index (χ0v) is 15.7. The van der Waals surface area contributed by atoms with Crippen molar-refractivity contribution in [3.63, 3.8) is 0 Å². The van der Waals surface area contributed by atoms with E-state index >= 15 is 0 Å². The van der Waals surface area contributed by atoms with Gasteiger partial charge in [0.2, 0.25) is 5.91 Å². The molecule has 0 spiro atoms. The zero-order valence-electron chi connectivity index (χ0n) is 15.7. The van der Waals surface area contributed by atoms with Crippen LogP contribution in [0.2, 0.25) is 0 Å². The molecule has 1 unspecified atom stereocenters. The van der Waals surface area contributed by atoms with Crippen molar-refractivity contribution in [3.8, 4) is 11.8 Å². The molecule has 27 heavy (non-hydrogen) atoms. The molecule has 1 fully saturated rings. The fourth-order valence-electron chi connectivity index (χ4n) is 3.33. The minimum absolute atomic E-state index is 0.0940. The van der Waals surface area contributed by atoms with E-state index in [1.807, 2.05) is 31.2 Å². The van der Waals surface area contributed by atoms with Gasteiger partial charge in [0.1, 0.15) is 11.8 Å². The second-order valence-electron chi connectivity index (χ2n) is 6.52. The number of para-hydroxylation sites is 3. The highest BCUT2D eigenvalue weighted by atomic mass is 16.5. The van der Waals surface area contributed by atoms with Crippen molar-refractivity contribution >= 4 is 17.3 Å². The van der Waals surface area contributed by atoms with Crippen molar-refractivity contribution in [1.29, 1.82) is 5.26 Å². The Kier molecular flexibility index (Phi) is 5.94. The van der Waals surface area contributed by atoms with Crippen molar-refractivity contribution < 1.29 is 9.53 Å². The molecule has 1 saturated heterocycles. The van der Waals surface area contributed by atoms with Gasteiger partial charge in [-0.3, -0.25) is 9.69 Å². The fourth-order valence-corrected chi connectivity index (χ4v) is 3.33. The first-order valence-electron chi connectivity index (χ1n) is 9.06. The van der Waals surface area contributed by atoms with E-state index in [-0.39, 0.29) is 11.9 Å². The molecule has 140 valence electrons. The van der Waals surface area contributed by atoms with Gasteiger partial charge in [0, 0.05) is 26.2 Å². The van der Waals surface area contributed by atoms with Crippen LogP contribution in [0.15, 0.2) is 48.5 Å². The van der Waals surface area contributed by atoms with Crippen molar-refractivity contribution in [2.75, 3.05) is 43.5 Å². The highest BCUT2D eigenvalue weighted by Gasteiger charge is 2.26. The number of carbonyl (C=O) groups excluding carboxylic acids is 1. The van der Waals surface area contributed by atoms with Crippen LogP contribution >= 0.6 is 0 Å². The van der Waals surface area contributed by atoms with E-state index < -0.39 is 0 Å². The van der Waals surface area contributed by atoms with Crippen molar-refractivity contribution in [2.45, 2.75) is 13.0 Å². The zero-order chi connectivity index (χ0) is 19.2. The third-order valence-corrected chi connectivity index (χ3v) is 4.97. The van der Waals surface area contributed by atoms with E-state index in [4.69, 9.17) is 4.74 Å². The summed E-state index contributed by atoms with van der Waals surface area (Å²) in [6, 6.07) is 16.9. The van der Waals surface area contributed by atoms with Gasteiger partial charge in [-0.05, 0) is 31.2 Å². The third kappa shape index (κ3) is 4.21. The van der Waals surface area contributed by atoms with Gasteiger partial charge in [0.25, 0.3) is 0 Å². The number of nitriles is 1. The van der Waals surface area contributed by atoms with E-state index in [0.29, 0.717) is 11.3 Å². The number of methoxy groups -OCH3 is 1. The average Bonchev–Trinajstić information content (AvgIpc) is 2.73. The summed E-state index contributed by atoms with van der Waals surface area (Å²) in [6.45, 7) is 5.13. The largest absolute Gasteiger partial charge is 0.495 e. The van der Waals surface area contributed by atoms with Gasteiger partial charge in [-0.2, -0.15) is 5.26 Å². The summed E-state index contributed by atoms with van der Waals surface area (Å²) in [7, 11) is 1.68. The van der Waals surface area contributed by atoms with Crippen LogP contribution < -0.4 is 15.0 Å². The highest BCUT2D eigenvalue weighted by molar-refractivity contribution is 5.95. The first-order chi connectivity index (χ1) is 13.1. The van der Waals surface area contributed by atoms with E-state index in [1.54, 1.807) is 25.3 Å². The summed E-state index contributed by atoms with van der Waals surface area (Å²) in [5.74, 6) is 0.772. The quantitative estimate of drug-likeness (QED) is 0.883. The molecule has 1 aliphatic heterocycles. The maximum Gasteiger partial charge on any atom is 0.241 e. The molecule has 1 heterocycles. The first-order valence-corrected chi connectivity index (χ1v) is 9.06. The van der Waals surface area contributed by atoms with E-state index in [2.05, 4.69) is 27.3 Å². The SMILES string of the molecule is COc1ccccc1N1CCN(C(C)C(=O)Nc2ccccc2C#N)CC1. The Morgan fingerprint density at radius 3 is 2.48 bits per heavy atom. The Labute approximate surface area is 160 Å². The number of carbonyl (C=O) groups is 1. The molecule has 3 rings (SSSR count). The van der Waals surface area contributed by atoms with E-state index in [1.165, 1.54) is 0 Å². The molecule has 1 aliphatic rings. The fraction of sp³-hybridized carbons (Fsp3) is 0.333. The number of hydrogen-bond acceptors (Lipinski definition) is 5. The minimum Gasteiger partial charge on any atom is -0.495 e. The minimum atomic E-state index is -0.267. The lowest BCUT2D eigenvalue weighted by atomic mass is 10.1. The van der Waals surface area contributed by atoms with Gasteiger partial charge >= 0.3 is 0 Å². The molecule has 1 N–H and O–H groups in total. The highest BCUT2D eigenvalue weighted by Crippen LogP contribution is 2.28. The van der Waals surface area contributed by atoms with Crippen LogP contribution in [0.5, 0.6) is 5.75 Å². The number of benzene rings is 2. The maximum absolute atomic E-state index is 12.6. The standard InChI is InChI=1S/C21H24N4O2/c1-16(21(26)23-18-8-4-3-7-17(18)15-22)24-11-13-25(14-12-24)19-9-5-6-10-20(19)27-2/h3-10,16H,11-14H2,1-2H3,(H,23,26). The Balaban J connectivity index is 1.60. The summed E-state index contributed by atoms with van der Waals surface area (Å²) in [4.78, 5) is 17.1. The summed E-state index contributed by atoms with van der Waals surface area (Å²) < 4.78 is 5.45. The number of rotatable bonds is 5. The normalized spacial score (nSPS) is 15.7. The molecule has 1 atom stereocenters. The number of piperazine rings is 1. The van der Waals surface area contributed by atoms with Crippen molar-refractivity contribution in [2.24, 2.45) is 0 Å². The van der Waals surface area contributed by atoms with Gasteiger partial charge in [-0.25, -0.2) is 0 Å². The lowest BCUT2D eigenvalue weighted by Gasteiger charge is -2.38. The second kappa shape index (κ2) is 8.56. The van der Waals surface area contributed by atoms with Gasteiger partial charge < -0.3 is 15.0 Å². The van der Waals surface area contributed by atoms with E-state index in [0.717, 1.165) is 37.6 Å². The van der Waals surface area contributed by atoms with Crippen molar-refractivity contribution in [1.82, 2.24) is 4.90 Å². The number of amides is 1.